The van der Waals surface area contributed by atoms with Crippen LogP contribution in [0.4, 0.5) is 0 Å². The van der Waals surface area contributed by atoms with Crippen LogP contribution >= 0.6 is 0 Å². The Balaban J connectivity index is 1.55. The van der Waals surface area contributed by atoms with Crippen LogP contribution < -0.4 is 11.0 Å². The van der Waals surface area contributed by atoms with Crippen LogP contribution in [0.15, 0.2) is 29.2 Å². The molecule has 1 atom stereocenters. The number of amides is 1. The first-order valence-corrected chi connectivity index (χ1v) is 10.5. The van der Waals surface area contributed by atoms with Crippen LogP contribution in [-0.4, -0.2) is 58.2 Å². The van der Waals surface area contributed by atoms with E-state index in [0.29, 0.717) is 38.1 Å². The van der Waals surface area contributed by atoms with Gasteiger partial charge in [-0.1, -0.05) is 12.5 Å². The number of nitrogens with zero attached hydrogens (tertiary/aromatic N) is 4. The number of aromatic nitrogens is 3. The molecular formula is C16H23N5O4S. The van der Waals surface area contributed by atoms with E-state index >= 15 is 0 Å². The number of hydrogen-bond donors (Lipinski definition) is 1. The zero-order valence-corrected chi connectivity index (χ0v) is 15.5. The number of sulfonamides is 1. The first-order chi connectivity index (χ1) is 12.4. The summed E-state index contributed by atoms with van der Waals surface area (Å²) in [7, 11) is -3.40. The highest BCUT2D eigenvalue weighted by molar-refractivity contribution is 7.88. The lowest BCUT2D eigenvalue weighted by atomic mass is 10.0. The standard InChI is InChI=1S/C16H23N5O4S/c1-26(24,25)21-12-5-2-7-13(21)15(22)17-9-6-11-20-16(23)19-10-4-3-8-14(19)18-20/h3-4,8,10,13H,2,5-7,9,11-12H2,1H3,(H,17,22). The van der Waals surface area contributed by atoms with E-state index in [4.69, 9.17) is 0 Å². The van der Waals surface area contributed by atoms with Crippen molar-refractivity contribution in [2.24, 2.45) is 0 Å². The summed E-state index contributed by atoms with van der Waals surface area (Å²) in [4.78, 5) is 24.5. The van der Waals surface area contributed by atoms with Gasteiger partial charge in [-0.2, -0.15) is 4.31 Å². The Morgan fingerprint density at radius 3 is 2.88 bits per heavy atom. The van der Waals surface area contributed by atoms with Gasteiger partial charge in [-0.25, -0.2) is 17.9 Å². The van der Waals surface area contributed by atoms with Gasteiger partial charge in [-0.05, 0) is 31.4 Å². The number of carbonyl (C=O) groups excluding carboxylic acids is 1. The molecule has 1 aliphatic rings. The molecule has 142 valence electrons. The van der Waals surface area contributed by atoms with Gasteiger partial charge in [0.25, 0.3) is 0 Å². The second kappa shape index (κ2) is 7.58. The highest BCUT2D eigenvalue weighted by atomic mass is 32.2. The summed E-state index contributed by atoms with van der Waals surface area (Å²) < 4.78 is 27.8. The van der Waals surface area contributed by atoms with E-state index in [1.807, 2.05) is 6.07 Å². The lowest BCUT2D eigenvalue weighted by Crippen LogP contribution is -2.51. The lowest BCUT2D eigenvalue weighted by Gasteiger charge is -2.32. The van der Waals surface area contributed by atoms with Gasteiger partial charge in [0, 0.05) is 25.8 Å². The fourth-order valence-electron chi connectivity index (χ4n) is 3.24. The zero-order chi connectivity index (χ0) is 18.7. The summed E-state index contributed by atoms with van der Waals surface area (Å²) in [5.74, 6) is -0.280. The van der Waals surface area contributed by atoms with E-state index < -0.39 is 16.1 Å². The van der Waals surface area contributed by atoms with E-state index in [0.717, 1.165) is 19.1 Å². The molecule has 2 aromatic rings. The van der Waals surface area contributed by atoms with Crippen molar-refractivity contribution in [2.45, 2.75) is 38.3 Å². The average molecular weight is 381 g/mol. The minimum atomic E-state index is -3.40. The Hall–Kier alpha value is -2.20. The van der Waals surface area contributed by atoms with Crippen molar-refractivity contribution in [3.63, 3.8) is 0 Å². The summed E-state index contributed by atoms with van der Waals surface area (Å²) >= 11 is 0. The molecular weight excluding hydrogens is 358 g/mol. The molecule has 1 fully saturated rings. The van der Waals surface area contributed by atoms with Crippen LogP contribution in [0.5, 0.6) is 0 Å². The number of piperidine rings is 1. The predicted molar refractivity (Wildman–Crippen MR) is 96.3 cm³/mol. The minimum Gasteiger partial charge on any atom is -0.355 e. The number of rotatable bonds is 6. The summed E-state index contributed by atoms with van der Waals surface area (Å²) in [6.45, 7) is 1.11. The molecule has 1 unspecified atom stereocenters. The number of carbonyl (C=O) groups is 1. The Morgan fingerprint density at radius 1 is 1.35 bits per heavy atom. The third-order valence-corrected chi connectivity index (χ3v) is 5.81. The maximum atomic E-state index is 12.4. The Bertz CT molecular complexity index is 949. The molecule has 0 spiro atoms. The van der Waals surface area contributed by atoms with E-state index in [1.54, 1.807) is 18.3 Å². The monoisotopic (exact) mass is 381 g/mol. The molecule has 9 nitrogen and oxygen atoms in total. The number of aryl methyl sites for hydroxylation is 1. The van der Waals surface area contributed by atoms with Crippen LogP contribution in [0.25, 0.3) is 5.65 Å². The zero-order valence-electron chi connectivity index (χ0n) is 14.7. The van der Waals surface area contributed by atoms with Crippen molar-refractivity contribution in [3.05, 3.63) is 34.9 Å². The number of pyridine rings is 1. The number of nitrogens with one attached hydrogen (secondary N) is 1. The van der Waals surface area contributed by atoms with Crippen LogP contribution in [0.2, 0.25) is 0 Å². The van der Waals surface area contributed by atoms with Crippen molar-refractivity contribution >= 4 is 21.6 Å². The van der Waals surface area contributed by atoms with Crippen LogP contribution in [0.3, 0.4) is 0 Å². The van der Waals surface area contributed by atoms with E-state index in [-0.39, 0.29) is 11.6 Å². The Kier molecular flexibility index (Phi) is 5.42. The Morgan fingerprint density at radius 2 is 2.15 bits per heavy atom. The fourth-order valence-corrected chi connectivity index (χ4v) is 4.36. The predicted octanol–water partition coefficient (Wildman–Crippen LogP) is -0.184. The fraction of sp³-hybridized carbons (Fsp3) is 0.562. The molecule has 1 aliphatic heterocycles. The molecule has 0 aliphatic carbocycles. The maximum Gasteiger partial charge on any atom is 0.350 e. The summed E-state index contributed by atoms with van der Waals surface area (Å²) in [6, 6.07) is 4.68. The second-order valence-electron chi connectivity index (χ2n) is 6.46. The van der Waals surface area contributed by atoms with Crippen LogP contribution in [0.1, 0.15) is 25.7 Å². The quantitative estimate of drug-likeness (QED) is 0.699. The van der Waals surface area contributed by atoms with E-state index in [1.165, 1.54) is 13.4 Å². The van der Waals surface area contributed by atoms with Gasteiger partial charge in [-0.15, -0.1) is 5.10 Å². The lowest BCUT2D eigenvalue weighted by molar-refractivity contribution is -0.125. The molecule has 0 bridgehead atoms. The van der Waals surface area contributed by atoms with Gasteiger partial charge >= 0.3 is 5.69 Å². The van der Waals surface area contributed by atoms with Gasteiger partial charge in [0.05, 0.1) is 6.26 Å². The molecule has 10 heteroatoms. The van der Waals surface area contributed by atoms with Crippen molar-refractivity contribution in [3.8, 4) is 0 Å². The number of hydrogen-bond acceptors (Lipinski definition) is 5. The molecule has 3 rings (SSSR count). The largest absolute Gasteiger partial charge is 0.355 e. The van der Waals surface area contributed by atoms with Gasteiger partial charge in [0.2, 0.25) is 15.9 Å². The first-order valence-electron chi connectivity index (χ1n) is 8.66. The summed E-state index contributed by atoms with van der Waals surface area (Å²) in [5.41, 5.74) is 0.356. The first kappa shape index (κ1) is 18.6. The molecule has 3 heterocycles. The van der Waals surface area contributed by atoms with Crippen LogP contribution in [0, 0.1) is 0 Å². The highest BCUT2D eigenvalue weighted by Gasteiger charge is 2.34. The van der Waals surface area contributed by atoms with Crippen molar-refractivity contribution in [1.82, 2.24) is 23.8 Å². The van der Waals surface area contributed by atoms with Crippen molar-refractivity contribution in [1.29, 1.82) is 0 Å². The van der Waals surface area contributed by atoms with E-state index in [2.05, 4.69) is 10.4 Å². The van der Waals surface area contributed by atoms with Gasteiger partial charge in [0.15, 0.2) is 5.65 Å². The third kappa shape index (κ3) is 3.96. The summed E-state index contributed by atoms with van der Waals surface area (Å²) in [6.07, 6.45) is 5.46. The minimum absolute atomic E-state index is 0.220. The molecule has 26 heavy (non-hydrogen) atoms. The molecule has 0 saturated carbocycles. The topological polar surface area (TPSA) is 106 Å². The molecule has 1 N–H and O–H groups in total. The van der Waals surface area contributed by atoms with Crippen molar-refractivity contribution < 1.29 is 13.2 Å². The molecule has 2 aromatic heterocycles. The van der Waals surface area contributed by atoms with Crippen LogP contribution in [-0.2, 0) is 21.4 Å². The molecule has 0 radical (unpaired) electrons. The molecule has 0 aromatic carbocycles. The smallest absolute Gasteiger partial charge is 0.350 e. The van der Waals surface area contributed by atoms with Gasteiger partial charge in [0.1, 0.15) is 6.04 Å². The van der Waals surface area contributed by atoms with Gasteiger partial charge in [-0.3, -0.25) is 9.20 Å². The molecule has 1 saturated heterocycles. The maximum absolute atomic E-state index is 12.4. The van der Waals surface area contributed by atoms with Crippen molar-refractivity contribution in [2.75, 3.05) is 19.3 Å². The second-order valence-corrected chi connectivity index (χ2v) is 8.40. The average Bonchev–Trinajstić information content (AvgIpc) is 2.94. The third-order valence-electron chi connectivity index (χ3n) is 4.52. The highest BCUT2D eigenvalue weighted by Crippen LogP contribution is 2.19. The van der Waals surface area contributed by atoms with Gasteiger partial charge < -0.3 is 5.32 Å². The number of fused-ring (bicyclic) bond motifs is 1. The normalized spacial score (nSPS) is 18.9. The SMILES string of the molecule is CS(=O)(=O)N1CCCCC1C(=O)NCCCn1nc2ccccn2c1=O. The Labute approximate surface area is 151 Å². The van der Waals surface area contributed by atoms with E-state index in [9.17, 15) is 18.0 Å². The summed E-state index contributed by atoms with van der Waals surface area (Å²) in [5, 5.41) is 7.01. The molecule has 1 amide bonds.